The highest BCUT2D eigenvalue weighted by atomic mass is 35.5. The van der Waals surface area contributed by atoms with Gasteiger partial charge in [0.25, 0.3) is 0 Å². The van der Waals surface area contributed by atoms with Crippen LogP contribution in [0.3, 0.4) is 0 Å². The molecule has 5 heterocycles. The normalized spacial score (nSPS) is 25.3. The van der Waals surface area contributed by atoms with Gasteiger partial charge in [-0.1, -0.05) is 49.4 Å². The van der Waals surface area contributed by atoms with Gasteiger partial charge in [0.2, 0.25) is 17.6 Å². The second-order valence-corrected chi connectivity index (χ2v) is 11.9. The van der Waals surface area contributed by atoms with Gasteiger partial charge in [-0.25, -0.2) is 14.8 Å². The van der Waals surface area contributed by atoms with Gasteiger partial charge < -0.3 is 14.2 Å². The molecule has 3 fully saturated rings. The first-order valence-electron chi connectivity index (χ1n) is 14.4. The molecule has 210 valence electrons. The second kappa shape index (κ2) is 10.6. The molecule has 1 aliphatic heterocycles. The van der Waals surface area contributed by atoms with Crippen LogP contribution in [0.15, 0.2) is 27.8 Å². The third-order valence-electron chi connectivity index (χ3n) is 8.78. The zero-order valence-electron chi connectivity index (χ0n) is 22.6. The minimum atomic E-state index is -0.668. The molecule has 3 aliphatic rings. The van der Waals surface area contributed by atoms with Crippen LogP contribution < -0.4 is 10.7 Å². The van der Waals surface area contributed by atoms with Crippen LogP contribution in [-0.4, -0.2) is 59.9 Å². The quantitative estimate of drug-likeness (QED) is 0.361. The zero-order valence-corrected chi connectivity index (χ0v) is 23.3. The lowest BCUT2D eigenvalue weighted by molar-refractivity contribution is -0.00958. The van der Waals surface area contributed by atoms with Crippen molar-refractivity contribution in [2.75, 3.05) is 18.1 Å². The number of rotatable bonds is 5. The predicted molar refractivity (Wildman–Crippen MR) is 150 cm³/mol. The number of aromatic amines is 1. The number of fused-ring (bicyclic) bond motifs is 2. The highest BCUT2D eigenvalue weighted by Gasteiger charge is 2.37. The van der Waals surface area contributed by atoms with Gasteiger partial charge in [0, 0.05) is 31.0 Å². The summed E-state index contributed by atoms with van der Waals surface area (Å²) in [6, 6.07) is 2.12. The van der Waals surface area contributed by atoms with Gasteiger partial charge in [-0.2, -0.15) is 4.98 Å². The van der Waals surface area contributed by atoms with E-state index in [4.69, 9.17) is 35.8 Å². The zero-order chi connectivity index (χ0) is 27.2. The number of nitrogens with zero attached hydrogens (tertiary/aromatic N) is 7. The molecular weight excluding hydrogens is 532 g/mol. The molecule has 2 saturated carbocycles. The van der Waals surface area contributed by atoms with Gasteiger partial charge in [-0.3, -0.25) is 14.5 Å². The summed E-state index contributed by atoms with van der Waals surface area (Å²) in [6.45, 7) is 4.63. The van der Waals surface area contributed by atoms with Crippen LogP contribution in [0.1, 0.15) is 58.3 Å². The molecule has 7 rings (SSSR count). The van der Waals surface area contributed by atoms with E-state index in [1.54, 1.807) is 12.4 Å². The molecule has 0 amide bonds. The lowest BCUT2D eigenvalue weighted by Gasteiger charge is -2.44. The summed E-state index contributed by atoms with van der Waals surface area (Å²) in [5.74, 6) is 1.92. The smallest absolute Gasteiger partial charge is 0.374 e. The first kappa shape index (κ1) is 25.6. The Morgan fingerprint density at radius 2 is 1.93 bits per heavy atom. The average Bonchev–Trinajstić information content (AvgIpc) is 3.57. The Hall–Kier alpha value is -3.31. The van der Waals surface area contributed by atoms with Gasteiger partial charge in [0.05, 0.1) is 23.8 Å². The molecule has 2 atom stereocenters. The Balaban J connectivity index is 1.44. The molecule has 11 nitrogen and oxygen atoms in total. The summed E-state index contributed by atoms with van der Waals surface area (Å²) in [5, 5.41) is 4.35. The number of morpholine rings is 1. The SMILES string of the molecule is C[C@H]1CC[C@H](Cn2c(N3CCO[C@@H]4CCCC[C@@H]43)nc3nc(-c4noc(=O)[nH]4)nc(-c4cncc(Cl)c4)c32)CC1. The standard InChI is InChI=1S/C28H33ClN8O3/c1-16-6-8-17(9-7-16)15-37-23-22(18-12-19(29)14-30-13-18)31-25(26-34-28(38)40-35-26)32-24(23)33-27(37)36-10-11-39-21-5-3-2-4-20(21)36/h12-14,16-17,20-21H,2-11,15H2,1H3,(H,34,35,38)/t16-,17-,20-,21+/m0/s1. The highest BCUT2D eigenvalue weighted by Crippen LogP contribution is 2.38. The van der Waals surface area contributed by atoms with Crippen LogP contribution in [0.4, 0.5) is 5.95 Å². The van der Waals surface area contributed by atoms with Gasteiger partial charge >= 0.3 is 5.76 Å². The molecule has 2 aliphatic carbocycles. The van der Waals surface area contributed by atoms with E-state index in [0.29, 0.717) is 28.9 Å². The van der Waals surface area contributed by atoms with E-state index >= 15 is 0 Å². The maximum Gasteiger partial charge on any atom is 0.439 e. The molecule has 0 bridgehead atoms. The number of nitrogens with one attached hydrogen (secondary N) is 1. The van der Waals surface area contributed by atoms with Crippen molar-refractivity contribution in [3.05, 3.63) is 34.0 Å². The summed E-state index contributed by atoms with van der Waals surface area (Å²) in [6.07, 6.45) is 12.9. The Bertz CT molecular complexity index is 1570. The van der Waals surface area contributed by atoms with Crippen molar-refractivity contribution in [2.24, 2.45) is 11.8 Å². The van der Waals surface area contributed by atoms with Crippen LogP contribution in [0.25, 0.3) is 34.1 Å². The van der Waals surface area contributed by atoms with Crippen LogP contribution >= 0.6 is 11.6 Å². The van der Waals surface area contributed by atoms with Crippen molar-refractivity contribution in [1.82, 2.24) is 34.6 Å². The maximum absolute atomic E-state index is 11.8. The minimum absolute atomic E-state index is 0.152. The van der Waals surface area contributed by atoms with Gasteiger partial charge in [0.1, 0.15) is 11.2 Å². The molecule has 4 aromatic heterocycles. The monoisotopic (exact) mass is 564 g/mol. The van der Waals surface area contributed by atoms with Gasteiger partial charge in [-0.15, -0.1) is 0 Å². The molecule has 40 heavy (non-hydrogen) atoms. The molecule has 0 aromatic carbocycles. The molecule has 1 saturated heterocycles. The molecule has 0 unspecified atom stereocenters. The van der Waals surface area contributed by atoms with Crippen molar-refractivity contribution in [3.63, 3.8) is 0 Å². The first-order valence-corrected chi connectivity index (χ1v) is 14.7. The average molecular weight is 565 g/mol. The van der Waals surface area contributed by atoms with E-state index in [9.17, 15) is 4.79 Å². The number of ether oxygens (including phenoxy) is 1. The number of pyridine rings is 1. The largest absolute Gasteiger partial charge is 0.439 e. The Morgan fingerprint density at radius 1 is 1.07 bits per heavy atom. The fraction of sp³-hybridized carbons (Fsp3) is 0.571. The fourth-order valence-electron chi connectivity index (χ4n) is 6.71. The molecule has 4 aromatic rings. The maximum atomic E-state index is 11.8. The molecular formula is C28H33ClN8O3. The Labute approximate surface area is 236 Å². The highest BCUT2D eigenvalue weighted by molar-refractivity contribution is 6.30. The summed E-state index contributed by atoms with van der Waals surface area (Å²) in [4.78, 5) is 36.0. The van der Waals surface area contributed by atoms with Crippen LogP contribution in [-0.2, 0) is 11.3 Å². The van der Waals surface area contributed by atoms with Crippen molar-refractivity contribution < 1.29 is 9.26 Å². The lowest BCUT2D eigenvalue weighted by atomic mass is 9.83. The number of H-pyrrole nitrogens is 1. The number of hydrogen-bond donors (Lipinski definition) is 1. The van der Waals surface area contributed by atoms with E-state index < -0.39 is 5.76 Å². The Morgan fingerprint density at radius 3 is 2.73 bits per heavy atom. The Kier molecular flexibility index (Phi) is 6.79. The predicted octanol–water partition coefficient (Wildman–Crippen LogP) is 4.86. The lowest BCUT2D eigenvalue weighted by Crippen LogP contribution is -2.53. The third-order valence-corrected chi connectivity index (χ3v) is 8.99. The minimum Gasteiger partial charge on any atom is -0.374 e. The van der Waals surface area contributed by atoms with E-state index in [2.05, 4.69) is 31.5 Å². The van der Waals surface area contributed by atoms with E-state index in [0.717, 1.165) is 48.9 Å². The van der Waals surface area contributed by atoms with E-state index in [-0.39, 0.29) is 23.8 Å². The number of halogens is 1. The number of anilines is 1. The molecule has 1 N–H and O–H groups in total. The van der Waals surface area contributed by atoms with Gasteiger partial charge in [-0.05, 0) is 43.6 Å². The fourth-order valence-corrected chi connectivity index (χ4v) is 6.88. The van der Waals surface area contributed by atoms with Crippen LogP contribution in [0.2, 0.25) is 5.02 Å². The first-order chi connectivity index (χ1) is 19.5. The third kappa shape index (κ3) is 4.79. The molecule has 0 radical (unpaired) electrons. The summed E-state index contributed by atoms with van der Waals surface area (Å²) in [5.41, 5.74) is 2.78. The van der Waals surface area contributed by atoms with Crippen LogP contribution in [0.5, 0.6) is 0 Å². The van der Waals surface area contributed by atoms with E-state index in [1.807, 2.05) is 6.07 Å². The summed E-state index contributed by atoms with van der Waals surface area (Å²) in [7, 11) is 0. The van der Waals surface area contributed by atoms with Crippen molar-refractivity contribution in [2.45, 2.75) is 77.0 Å². The van der Waals surface area contributed by atoms with E-state index in [1.165, 1.54) is 38.5 Å². The van der Waals surface area contributed by atoms with Crippen molar-refractivity contribution in [1.29, 1.82) is 0 Å². The number of aromatic nitrogens is 7. The molecule has 12 heteroatoms. The molecule has 0 spiro atoms. The van der Waals surface area contributed by atoms with Crippen LogP contribution in [0, 0.1) is 11.8 Å². The second-order valence-electron chi connectivity index (χ2n) is 11.5. The topological polar surface area (TPSA) is 128 Å². The summed E-state index contributed by atoms with van der Waals surface area (Å²) >= 11 is 6.39. The van der Waals surface area contributed by atoms with Crippen molar-refractivity contribution >= 4 is 28.7 Å². The number of imidazole rings is 1. The summed E-state index contributed by atoms with van der Waals surface area (Å²) < 4.78 is 13.3. The van der Waals surface area contributed by atoms with Crippen molar-refractivity contribution in [3.8, 4) is 22.9 Å². The van der Waals surface area contributed by atoms with Gasteiger partial charge in [0.15, 0.2) is 5.65 Å². The number of hydrogen-bond acceptors (Lipinski definition) is 9.